The Hall–Kier alpha value is -0.130. The largest absolute Gasteiger partial charge is 0.314 e. The van der Waals surface area contributed by atoms with E-state index < -0.39 is 9.84 Å². The average Bonchev–Trinajstić information content (AvgIpc) is 2.33. The summed E-state index contributed by atoms with van der Waals surface area (Å²) in [6.45, 7) is 8.27. The lowest BCUT2D eigenvalue weighted by molar-refractivity contribution is 0.158. The Bertz CT molecular complexity index is 330. The molecule has 108 valence electrons. The Morgan fingerprint density at radius 3 is 2.78 bits per heavy atom. The summed E-state index contributed by atoms with van der Waals surface area (Å²) in [7, 11) is -2.83. The van der Waals surface area contributed by atoms with Crippen molar-refractivity contribution in [1.29, 1.82) is 0 Å². The van der Waals surface area contributed by atoms with Gasteiger partial charge in [0.15, 0.2) is 0 Å². The predicted molar refractivity (Wildman–Crippen MR) is 76.6 cm³/mol. The van der Waals surface area contributed by atoms with Gasteiger partial charge in [0.2, 0.25) is 0 Å². The second kappa shape index (κ2) is 7.46. The van der Waals surface area contributed by atoms with Gasteiger partial charge in [0.05, 0.1) is 5.75 Å². The summed E-state index contributed by atoms with van der Waals surface area (Å²) in [5.74, 6) is 0.945. The lowest BCUT2D eigenvalue weighted by Gasteiger charge is -2.36. The molecular formula is C13H28N2O2S. The van der Waals surface area contributed by atoms with Gasteiger partial charge in [0.1, 0.15) is 9.84 Å². The number of hydrogen-bond acceptors (Lipinski definition) is 4. The van der Waals surface area contributed by atoms with E-state index in [-0.39, 0.29) is 5.75 Å². The lowest BCUT2D eigenvalue weighted by atomic mass is 9.91. The molecule has 1 N–H and O–H groups in total. The second-order valence-corrected chi connectivity index (χ2v) is 7.84. The summed E-state index contributed by atoms with van der Waals surface area (Å²) in [5, 5.41) is 3.55. The van der Waals surface area contributed by atoms with E-state index in [1.165, 1.54) is 19.1 Å². The third-order valence-corrected chi connectivity index (χ3v) is 4.67. The first kappa shape index (κ1) is 15.9. The van der Waals surface area contributed by atoms with Crippen LogP contribution in [0.5, 0.6) is 0 Å². The van der Waals surface area contributed by atoms with Crippen molar-refractivity contribution >= 4 is 9.84 Å². The SMILES string of the molecule is CCCNC(C)C1CCCN(CCS(C)(=O)=O)C1. The topological polar surface area (TPSA) is 49.4 Å². The first-order valence-electron chi connectivity index (χ1n) is 7.06. The third kappa shape index (κ3) is 6.16. The molecule has 2 unspecified atom stereocenters. The summed E-state index contributed by atoms with van der Waals surface area (Å²) in [4.78, 5) is 2.30. The van der Waals surface area contributed by atoms with E-state index >= 15 is 0 Å². The highest BCUT2D eigenvalue weighted by Crippen LogP contribution is 2.19. The van der Waals surface area contributed by atoms with E-state index in [1.54, 1.807) is 0 Å². The number of nitrogens with zero attached hydrogens (tertiary/aromatic N) is 1. The van der Waals surface area contributed by atoms with Crippen LogP contribution >= 0.6 is 0 Å². The van der Waals surface area contributed by atoms with Crippen LogP contribution in [0.25, 0.3) is 0 Å². The molecule has 1 fully saturated rings. The molecule has 1 rings (SSSR count). The van der Waals surface area contributed by atoms with Gasteiger partial charge in [-0.05, 0) is 45.2 Å². The van der Waals surface area contributed by atoms with Gasteiger partial charge in [-0.25, -0.2) is 8.42 Å². The van der Waals surface area contributed by atoms with E-state index in [0.29, 0.717) is 18.5 Å². The average molecular weight is 276 g/mol. The van der Waals surface area contributed by atoms with Crippen LogP contribution in [0.4, 0.5) is 0 Å². The van der Waals surface area contributed by atoms with Crippen molar-refractivity contribution in [3.63, 3.8) is 0 Å². The summed E-state index contributed by atoms with van der Waals surface area (Å²) in [5.41, 5.74) is 0. The van der Waals surface area contributed by atoms with Gasteiger partial charge in [0, 0.05) is 25.4 Å². The molecule has 0 spiro atoms. The van der Waals surface area contributed by atoms with Crippen LogP contribution in [0.3, 0.4) is 0 Å². The first-order valence-corrected chi connectivity index (χ1v) is 9.12. The van der Waals surface area contributed by atoms with Crippen molar-refractivity contribution in [1.82, 2.24) is 10.2 Å². The monoisotopic (exact) mass is 276 g/mol. The molecule has 18 heavy (non-hydrogen) atoms. The Morgan fingerprint density at radius 1 is 1.44 bits per heavy atom. The maximum atomic E-state index is 11.2. The van der Waals surface area contributed by atoms with Gasteiger partial charge < -0.3 is 10.2 Å². The summed E-state index contributed by atoms with van der Waals surface area (Å²) in [6, 6.07) is 0.533. The normalized spacial score (nSPS) is 24.1. The molecule has 0 saturated carbocycles. The van der Waals surface area contributed by atoms with E-state index in [9.17, 15) is 8.42 Å². The minimum Gasteiger partial charge on any atom is -0.314 e. The molecule has 0 aromatic rings. The molecule has 0 bridgehead atoms. The molecule has 1 saturated heterocycles. The minimum absolute atomic E-state index is 0.288. The van der Waals surface area contributed by atoms with Crippen LogP contribution < -0.4 is 5.32 Å². The molecule has 0 aromatic carbocycles. The van der Waals surface area contributed by atoms with Crippen LogP contribution in [-0.4, -0.2) is 57.5 Å². The van der Waals surface area contributed by atoms with Crippen molar-refractivity contribution in [2.24, 2.45) is 5.92 Å². The third-order valence-electron chi connectivity index (χ3n) is 3.74. The van der Waals surface area contributed by atoms with Crippen LogP contribution in [0.2, 0.25) is 0 Å². The van der Waals surface area contributed by atoms with Gasteiger partial charge in [-0.3, -0.25) is 0 Å². The standard InChI is InChI=1S/C13H28N2O2S/c1-4-7-14-12(2)13-6-5-8-15(11-13)9-10-18(3,16)17/h12-14H,4-11H2,1-3H3. The Kier molecular flexibility index (Phi) is 6.60. The van der Waals surface area contributed by atoms with Crippen LogP contribution in [0.15, 0.2) is 0 Å². The molecule has 0 aromatic heterocycles. The molecule has 1 aliphatic rings. The summed E-state index contributed by atoms with van der Waals surface area (Å²) < 4.78 is 22.4. The van der Waals surface area contributed by atoms with Gasteiger partial charge in [-0.1, -0.05) is 6.92 Å². The molecule has 0 amide bonds. The van der Waals surface area contributed by atoms with E-state index in [2.05, 4.69) is 24.1 Å². The van der Waals surface area contributed by atoms with Crippen molar-refractivity contribution in [2.45, 2.75) is 39.2 Å². The Labute approximate surface area is 112 Å². The van der Waals surface area contributed by atoms with Crippen molar-refractivity contribution in [3.8, 4) is 0 Å². The Morgan fingerprint density at radius 2 is 2.17 bits per heavy atom. The number of nitrogens with one attached hydrogen (secondary N) is 1. The fourth-order valence-electron chi connectivity index (χ4n) is 2.54. The number of piperidine rings is 1. The van der Waals surface area contributed by atoms with Gasteiger partial charge in [-0.2, -0.15) is 0 Å². The van der Waals surface area contributed by atoms with Crippen LogP contribution in [0, 0.1) is 5.92 Å². The zero-order valence-electron chi connectivity index (χ0n) is 12.0. The first-order chi connectivity index (χ1) is 8.42. The molecule has 1 aliphatic heterocycles. The molecule has 4 nitrogen and oxygen atoms in total. The zero-order valence-corrected chi connectivity index (χ0v) is 12.8. The fraction of sp³-hybridized carbons (Fsp3) is 1.00. The number of hydrogen-bond donors (Lipinski definition) is 1. The summed E-state index contributed by atoms with van der Waals surface area (Å²) in [6.07, 6.45) is 4.93. The molecule has 2 atom stereocenters. The smallest absolute Gasteiger partial charge is 0.148 e. The second-order valence-electron chi connectivity index (χ2n) is 5.58. The van der Waals surface area contributed by atoms with E-state index in [1.807, 2.05) is 0 Å². The van der Waals surface area contributed by atoms with Crippen LogP contribution in [-0.2, 0) is 9.84 Å². The van der Waals surface area contributed by atoms with Gasteiger partial charge in [0.25, 0.3) is 0 Å². The van der Waals surface area contributed by atoms with Crippen molar-refractivity contribution in [2.75, 3.05) is 38.2 Å². The highest BCUT2D eigenvalue weighted by atomic mass is 32.2. The maximum absolute atomic E-state index is 11.2. The Balaban J connectivity index is 2.36. The lowest BCUT2D eigenvalue weighted by Crippen LogP contribution is -2.45. The molecule has 5 heteroatoms. The molecule has 1 heterocycles. The molecule has 0 aliphatic carbocycles. The number of sulfone groups is 1. The number of rotatable bonds is 7. The predicted octanol–water partition coefficient (Wildman–Crippen LogP) is 1.13. The van der Waals surface area contributed by atoms with Gasteiger partial charge in [-0.15, -0.1) is 0 Å². The van der Waals surface area contributed by atoms with E-state index in [4.69, 9.17) is 0 Å². The van der Waals surface area contributed by atoms with Crippen molar-refractivity contribution in [3.05, 3.63) is 0 Å². The maximum Gasteiger partial charge on any atom is 0.148 e. The van der Waals surface area contributed by atoms with E-state index in [0.717, 1.165) is 26.1 Å². The van der Waals surface area contributed by atoms with Crippen LogP contribution in [0.1, 0.15) is 33.1 Å². The minimum atomic E-state index is -2.83. The number of likely N-dealkylation sites (tertiary alicyclic amines) is 1. The summed E-state index contributed by atoms with van der Waals surface area (Å²) >= 11 is 0. The molecular weight excluding hydrogens is 248 g/mol. The highest BCUT2D eigenvalue weighted by molar-refractivity contribution is 7.90. The zero-order chi connectivity index (χ0) is 13.6. The highest BCUT2D eigenvalue weighted by Gasteiger charge is 2.24. The van der Waals surface area contributed by atoms with Gasteiger partial charge >= 0.3 is 0 Å². The molecule has 0 radical (unpaired) electrons. The quantitative estimate of drug-likeness (QED) is 0.757. The fourth-order valence-corrected chi connectivity index (χ4v) is 3.13. The van der Waals surface area contributed by atoms with Crippen molar-refractivity contribution < 1.29 is 8.42 Å².